The van der Waals surface area contributed by atoms with Gasteiger partial charge in [-0.15, -0.1) is 5.10 Å². The molecule has 0 aliphatic carbocycles. The summed E-state index contributed by atoms with van der Waals surface area (Å²) in [7, 11) is 0. The normalized spacial score (nSPS) is 18.1. The molecule has 1 fully saturated rings. The molecule has 0 spiro atoms. The van der Waals surface area contributed by atoms with Crippen molar-refractivity contribution in [2.24, 2.45) is 5.92 Å². The van der Waals surface area contributed by atoms with Crippen LogP contribution < -0.4 is 4.90 Å². The number of alkyl halides is 2. The number of aromatic nitrogens is 2. The second-order valence-electron chi connectivity index (χ2n) is 6.19. The highest BCUT2D eigenvalue weighted by Gasteiger charge is 2.27. The minimum Gasteiger partial charge on any atom is -0.355 e. The maximum atomic E-state index is 12.6. The Morgan fingerprint density at radius 3 is 2.21 bits per heavy atom. The van der Waals surface area contributed by atoms with Gasteiger partial charge in [-0.3, -0.25) is 0 Å². The number of piperidine rings is 1. The van der Waals surface area contributed by atoms with Gasteiger partial charge >= 0.3 is 0 Å². The first-order chi connectivity index (χ1) is 8.88. The molecule has 0 N–H and O–H groups in total. The standard InChI is InChI=1S/C14H21F2N3/c1-14(2,3)11-4-5-12(18-17-11)19-8-6-10(7-9-19)13(15)16/h4-5,10,13H,6-9H2,1-3H3. The van der Waals surface area contributed by atoms with Gasteiger partial charge in [-0.1, -0.05) is 20.8 Å². The van der Waals surface area contributed by atoms with Gasteiger partial charge in [0, 0.05) is 24.4 Å². The average molecular weight is 269 g/mol. The Kier molecular flexibility index (Phi) is 4.02. The summed E-state index contributed by atoms with van der Waals surface area (Å²) in [5, 5.41) is 8.47. The van der Waals surface area contributed by atoms with E-state index in [1.54, 1.807) is 0 Å². The van der Waals surface area contributed by atoms with Crippen LogP contribution in [0.4, 0.5) is 14.6 Å². The van der Waals surface area contributed by atoms with Crippen LogP contribution in [0, 0.1) is 5.92 Å². The quantitative estimate of drug-likeness (QED) is 0.825. The molecule has 2 heterocycles. The number of hydrogen-bond donors (Lipinski definition) is 0. The van der Waals surface area contributed by atoms with E-state index in [0.717, 1.165) is 11.5 Å². The van der Waals surface area contributed by atoms with Crippen LogP contribution in [0.15, 0.2) is 12.1 Å². The molecule has 0 unspecified atom stereocenters. The van der Waals surface area contributed by atoms with Gasteiger partial charge in [0.2, 0.25) is 6.43 Å². The fourth-order valence-electron chi connectivity index (χ4n) is 2.27. The largest absolute Gasteiger partial charge is 0.355 e. The molecule has 1 aliphatic rings. The first-order valence-corrected chi connectivity index (χ1v) is 6.75. The molecule has 0 atom stereocenters. The SMILES string of the molecule is CC(C)(C)c1ccc(N2CCC(C(F)F)CC2)nn1. The second-order valence-corrected chi connectivity index (χ2v) is 6.19. The number of halogens is 2. The molecule has 1 aromatic heterocycles. The van der Waals surface area contributed by atoms with E-state index in [0.29, 0.717) is 25.9 Å². The number of nitrogens with zero attached hydrogens (tertiary/aromatic N) is 3. The number of rotatable bonds is 2. The van der Waals surface area contributed by atoms with Crippen molar-refractivity contribution in [1.29, 1.82) is 0 Å². The van der Waals surface area contributed by atoms with E-state index in [1.807, 2.05) is 17.0 Å². The topological polar surface area (TPSA) is 29.0 Å². The van der Waals surface area contributed by atoms with Crippen molar-refractivity contribution >= 4 is 5.82 Å². The van der Waals surface area contributed by atoms with E-state index in [4.69, 9.17) is 0 Å². The summed E-state index contributed by atoms with van der Waals surface area (Å²) < 4.78 is 25.2. The lowest BCUT2D eigenvalue weighted by atomic mass is 9.92. The van der Waals surface area contributed by atoms with Crippen molar-refractivity contribution < 1.29 is 8.78 Å². The third-order valence-corrected chi connectivity index (χ3v) is 3.64. The first-order valence-electron chi connectivity index (χ1n) is 6.75. The summed E-state index contributed by atoms with van der Waals surface area (Å²) in [5.41, 5.74) is 0.924. The molecule has 106 valence electrons. The lowest BCUT2D eigenvalue weighted by Gasteiger charge is -2.32. The Labute approximate surface area is 113 Å². The van der Waals surface area contributed by atoms with E-state index >= 15 is 0 Å². The highest BCUT2D eigenvalue weighted by atomic mass is 19.3. The molecule has 19 heavy (non-hydrogen) atoms. The van der Waals surface area contributed by atoms with Crippen LogP contribution in [0.5, 0.6) is 0 Å². The zero-order valence-corrected chi connectivity index (χ0v) is 11.7. The van der Waals surface area contributed by atoms with Crippen molar-refractivity contribution in [1.82, 2.24) is 10.2 Å². The summed E-state index contributed by atoms with van der Waals surface area (Å²) in [6.45, 7) is 7.54. The molecule has 0 saturated carbocycles. The van der Waals surface area contributed by atoms with E-state index in [-0.39, 0.29) is 5.41 Å². The van der Waals surface area contributed by atoms with Crippen LogP contribution in [-0.2, 0) is 5.41 Å². The molecule has 1 saturated heterocycles. The van der Waals surface area contributed by atoms with Crippen LogP contribution in [0.1, 0.15) is 39.3 Å². The van der Waals surface area contributed by atoms with E-state index in [2.05, 4.69) is 31.0 Å². The van der Waals surface area contributed by atoms with Crippen LogP contribution in [0.2, 0.25) is 0 Å². The van der Waals surface area contributed by atoms with Crippen LogP contribution in [0.25, 0.3) is 0 Å². The number of hydrogen-bond acceptors (Lipinski definition) is 3. The Morgan fingerprint density at radius 1 is 1.16 bits per heavy atom. The number of anilines is 1. The molecular formula is C14H21F2N3. The van der Waals surface area contributed by atoms with Gasteiger partial charge in [0.15, 0.2) is 5.82 Å². The third-order valence-electron chi connectivity index (χ3n) is 3.64. The summed E-state index contributed by atoms with van der Waals surface area (Å²) in [6.07, 6.45) is -1.14. The summed E-state index contributed by atoms with van der Waals surface area (Å²) >= 11 is 0. The predicted octanol–water partition coefficient (Wildman–Crippen LogP) is 3.26. The van der Waals surface area contributed by atoms with Gasteiger partial charge in [-0.05, 0) is 25.0 Å². The van der Waals surface area contributed by atoms with Crippen molar-refractivity contribution in [3.05, 3.63) is 17.8 Å². The van der Waals surface area contributed by atoms with Gasteiger partial charge in [0.05, 0.1) is 5.69 Å². The molecule has 0 aromatic carbocycles. The van der Waals surface area contributed by atoms with Crippen LogP contribution >= 0.6 is 0 Å². The molecule has 1 aliphatic heterocycles. The van der Waals surface area contributed by atoms with Gasteiger partial charge < -0.3 is 4.90 Å². The lowest BCUT2D eigenvalue weighted by molar-refractivity contribution is 0.0635. The van der Waals surface area contributed by atoms with Gasteiger partial charge in [-0.2, -0.15) is 5.10 Å². The third kappa shape index (κ3) is 3.39. The second kappa shape index (κ2) is 5.39. The molecule has 1 aromatic rings. The summed E-state index contributed by atoms with van der Waals surface area (Å²) in [4.78, 5) is 2.04. The Bertz CT molecular complexity index is 404. The first kappa shape index (κ1) is 14.2. The zero-order chi connectivity index (χ0) is 14.0. The summed E-state index contributed by atoms with van der Waals surface area (Å²) in [5.74, 6) is 0.332. The minimum absolute atomic E-state index is 0.0196. The highest BCUT2D eigenvalue weighted by Crippen LogP contribution is 2.27. The monoisotopic (exact) mass is 269 g/mol. The minimum atomic E-state index is -2.20. The Balaban J connectivity index is 2.00. The molecule has 0 radical (unpaired) electrons. The molecule has 2 rings (SSSR count). The maximum Gasteiger partial charge on any atom is 0.241 e. The van der Waals surface area contributed by atoms with Crippen molar-refractivity contribution in [3.8, 4) is 0 Å². The van der Waals surface area contributed by atoms with Crippen molar-refractivity contribution in [2.45, 2.75) is 45.5 Å². The highest BCUT2D eigenvalue weighted by molar-refractivity contribution is 5.38. The predicted molar refractivity (Wildman–Crippen MR) is 71.7 cm³/mol. The smallest absolute Gasteiger partial charge is 0.241 e. The van der Waals surface area contributed by atoms with Crippen LogP contribution in [-0.4, -0.2) is 29.7 Å². The molecule has 3 nitrogen and oxygen atoms in total. The molecule has 0 bridgehead atoms. The van der Waals surface area contributed by atoms with Crippen molar-refractivity contribution in [2.75, 3.05) is 18.0 Å². The Morgan fingerprint density at radius 2 is 1.79 bits per heavy atom. The average Bonchev–Trinajstić information content (AvgIpc) is 2.38. The van der Waals surface area contributed by atoms with Gasteiger partial charge in [0.25, 0.3) is 0 Å². The Hall–Kier alpha value is -1.26. The molecular weight excluding hydrogens is 248 g/mol. The maximum absolute atomic E-state index is 12.6. The lowest BCUT2D eigenvalue weighted by Crippen LogP contribution is -2.36. The van der Waals surface area contributed by atoms with E-state index in [9.17, 15) is 8.78 Å². The van der Waals surface area contributed by atoms with Gasteiger partial charge in [-0.25, -0.2) is 8.78 Å². The zero-order valence-electron chi connectivity index (χ0n) is 11.7. The van der Waals surface area contributed by atoms with E-state index < -0.39 is 12.3 Å². The fraction of sp³-hybridized carbons (Fsp3) is 0.714. The molecule has 0 amide bonds. The molecule has 5 heteroatoms. The van der Waals surface area contributed by atoms with Crippen molar-refractivity contribution in [3.63, 3.8) is 0 Å². The summed E-state index contributed by atoms with van der Waals surface area (Å²) in [6, 6.07) is 3.91. The fourth-order valence-corrected chi connectivity index (χ4v) is 2.27. The van der Waals surface area contributed by atoms with E-state index in [1.165, 1.54) is 0 Å². The van der Waals surface area contributed by atoms with Crippen LogP contribution in [0.3, 0.4) is 0 Å². The van der Waals surface area contributed by atoms with Gasteiger partial charge in [0.1, 0.15) is 0 Å².